The van der Waals surface area contributed by atoms with E-state index in [1.165, 1.54) is 12.0 Å². The van der Waals surface area contributed by atoms with E-state index in [2.05, 4.69) is 0 Å². The summed E-state index contributed by atoms with van der Waals surface area (Å²) in [5.74, 6) is 0.462. The Kier molecular flexibility index (Phi) is 5.43. The maximum absolute atomic E-state index is 13.0. The Balaban J connectivity index is 1.56. The number of hydrogen-bond donors (Lipinski definition) is 0. The highest BCUT2D eigenvalue weighted by Crippen LogP contribution is 2.34. The van der Waals surface area contributed by atoms with Crippen molar-refractivity contribution in [2.75, 3.05) is 37.7 Å². The Labute approximate surface area is 159 Å². The molecule has 6 nitrogen and oxygen atoms in total. The Morgan fingerprint density at radius 1 is 1.04 bits per heavy atom. The highest BCUT2D eigenvalue weighted by molar-refractivity contribution is 6.04. The van der Waals surface area contributed by atoms with E-state index < -0.39 is 6.10 Å². The van der Waals surface area contributed by atoms with Crippen LogP contribution < -0.4 is 9.64 Å². The Bertz CT molecular complexity index is 731. The molecule has 0 aromatic heterocycles. The first-order chi connectivity index (χ1) is 13.2. The molecule has 27 heavy (non-hydrogen) atoms. The summed E-state index contributed by atoms with van der Waals surface area (Å²) in [5.41, 5.74) is 1.95. The summed E-state index contributed by atoms with van der Waals surface area (Å²) >= 11 is 0. The van der Waals surface area contributed by atoms with Crippen LogP contribution in [0.25, 0.3) is 0 Å². The van der Waals surface area contributed by atoms with Gasteiger partial charge in [-0.05, 0) is 37.8 Å². The van der Waals surface area contributed by atoms with Crippen LogP contribution in [0.1, 0.15) is 32.1 Å². The van der Waals surface area contributed by atoms with Crippen molar-refractivity contribution in [1.82, 2.24) is 4.90 Å². The van der Waals surface area contributed by atoms with Crippen molar-refractivity contribution in [3.63, 3.8) is 0 Å². The number of carbonyl (C=O) groups is 2. The first-order valence-corrected chi connectivity index (χ1v) is 9.85. The van der Waals surface area contributed by atoms with Crippen molar-refractivity contribution in [2.24, 2.45) is 0 Å². The fourth-order valence-electron chi connectivity index (χ4n) is 3.96. The Hall–Kier alpha value is -2.34. The topological polar surface area (TPSA) is 59.1 Å². The smallest absolute Gasteiger partial charge is 0.265 e. The van der Waals surface area contributed by atoms with Crippen LogP contribution in [0.5, 0.6) is 5.75 Å². The van der Waals surface area contributed by atoms with Crippen LogP contribution in [0.4, 0.5) is 5.69 Å². The van der Waals surface area contributed by atoms with Gasteiger partial charge in [-0.1, -0.05) is 24.1 Å². The summed E-state index contributed by atoms with van der Waals surface area (Å²) in [6.07, 6.45) is 6.63. The molecule has 0 unspecified atom stereocenters. The fourth-order valence-corrected chi connectivity index (χ4v) is 3.96. The van der Waals surface area contributed by atoms with Crippen molar-refractivity contribution in [3.05, 3.63) is 35.9 Å². The molecule has 2 amide bonds. The highest BCUT2D eigenvalue weighted by Gasteiger charge is 2.36. The lowest BCUT2D eigenvalue weighted by molar-refractivity contribution is -0.142. The molecule has 1 saturated heterocycles. The number of anilines is 1. The van der Waals surface area contributed by atoms with Crippen LogP contribution in [-0.2, 0) is 14.3 Å². The van der Waals surface area contributed by atoms with Crippen LogP contribution in [0.2, 0.25) is 0 Å². The van der Waals surface area contributed by atoms with E-state index in [0.717, 1.165) is 31.4 Å². The largest absolute Gasteiger partial charge is 0.476 e. The lowest BCUT2D eigenvalue weighted by atomic mass is 9.94. The number of morpholine rings is 1. The van der Waals surface area contributed by atoms with Crippen molar-refractivity contribution in [1.29, 1.82) is 0 Å². The van der Waals surface area contributed by atoms with Crippen LogP contribution in [0.3, 0.4) is 0 Å². The number of carbonyl (C=O) groups excluding carboxylic acids is 2. The van der Waals surface area contributed by atoms with Gasteiger partial charge in [0, 0.05) is 19.2 Å². The number of fused-ring (bicyclic) bond motifs is 1. The molecular weight excluding hydrogens is 344 g/mol. The zero-order valence-corrected chi connectivity index (χ0v) is 15.6. The maximum Gasteiger partial charge on any atom is 0.265 e. The summed E-state index contributed by atoms with van der Waals surface area (Å²) in [6.45, 7) is 2.47. The summed E-state index contributed by atoms with van der Waals surface area (Å²) < 4.78 is 11.3. The van der Waals surface area contributed by atoms with Gasteiger partial charge in [0.05, 0.1) is 25.4 Å². The predicted molar refractivity (Wildman–Crippen MR) is 102 cm³/mol. The van der Waals surface area contributed by atoms with Gasteiger partial charge in [-0.15, -0.1) is 0 Å². The van der Waals surface area contributed by atoms with E-state index in [1.807, 2.05) is 24.3 Å². The van der Waals surface area contributed by atoms with Gasteiger partial charge in [0.15, 0.2) is 6.10 Å². The molecule has 144 valence electrons. The summed E-state index contributed by atoms with van der Waals surface area (Å²) in [5, 5.41) is 0. The Morgan fingerprint density at radius 2 is 1.78 bits per heavy atom. The predicted octanol–water partition coefficient (Wildman–Crippen LogP) is 2.53. The molecule has 3 aliphatic rings. The number of amides is 2. The second kappa shape index (κ2) is 8.13. The third-order valence-electron chi connectivity index (χ3n) is 5.46. The molecule has 2 fully saturated rings. The molecule has 0 bridgehead atoms. The normalized spacial score (nSPS) is 22.7. The maximum atomic E-state index is 13.0. The number of ether oxygens (including phenoxy) is 2. The third-order valence-corrected chi connectivity index (χ3v) is 5.46. The molecule has 2 aliphatic heterocycles. The fraction of sp³-hybridized carbons (Fsp3) is 0.524. The molecule has 1 atom stereocenters. The molecular formula is C21H26N2O4. The van der Waals surface area contributed by atoms with E-state index in [0.29, 0.717) is 32.1 Å². The lowest BCUT2D eigenvalue weighted by Crippen LogP contribution is -2.53. The molecule has 0 N–H and O–H groups in total. The molecule has 0 spiro atoms. The molecule has 2 heterocycles. The van der Waals surface area contributed by atoms with E-state index in [-0.39, 0.29) is 18.4 Å². The Morgan fingerprint density at radius 3 is 2.56 bits per heavy atom. The number of nitrogens with zero attached hydrogens (tertiary/aromatic N) is 2. The number of hydrogen-bond acceptors (Lipinski definition) is 4. The number of allylic oxidation sites excluding steroid dienone is 1. The molecule has 4 rings (SSSR count). The first kappa shape index (κ1) is 18.0. The highest BCUT2D eigenvalue weighted by atomic mass is 16.5. The third kappa shape index (κ3) is 4.00. The minimum absolute atomic E-state index is 0.0533. The van der Waals surface area contributed by atoms with Gasteiger partial charge in [0.25, 0.3) is 11.8 Å². The van der Waals surface area contributed by atoms with E-state index in [4.69, 9.17) is 9.47 Å². The average molecular weight is 370 g/mol. The van der Waals surface area contributed by atoms with Gasteiger partial charge >= 0.3 is 0 Å². The second-order valence-corrected chi connectivity index (χ2v) is 7.32. The molecule has 1 saturated carbocycles. The van der Waals surface area contributed by atoms with Crippen LogP contribution >= 0.6 is 0 Å². The van der Waals surface area contributed by atoms with E-state index in [9.17, 15) is 9.59 Å². The molecule has 1 aromatic carbocycles. The summed E-state index contributed by atoms with van der Waals surface area (Å²) in [4.78, 5) is 29.4. The zero-order valence-electron chi connectivity index (χ0n) is 15.6. The van der Waals surface area contributed by atoms with Crippen molar-refractivity contribution in [3.8, 4) is 5.75 Å². The van der Waals surface area contributed by atoms with Crippen molar-refractivity contribution < 1.29 is 19.1 Å². The van der Waals surface area contributed by atoms with Crippen molar-refractivity contribution >= 4 is 17.5 Å². The summed E-state index contributed by atoms with van der Waals surface area (Å²) in [7, 11) is 0. The lowest BCUT2D eigenvalue weighted by Gasteiger charge is -2.37. The van der Waals surface area contributed by atoms with Crippen LogP contribution in [-0.4, -0.2) is 55.7 Å². The minimum atomic E-state index is -0.674. The number of para-hydroxylation sites is 2. The second-order valence-electron chi connectivity index (χ2n) is 7.32. The van der Waals surface area contributed by atoms with Crippen LogP contribution in [0, 0.1) is 0 Å². The quantitative estimate of drug-likeness (QED) is 0.751. The molecule has 6 heteroatoms. The summed E-state index contributed by atoms with van der Waals surface area (Å²) in [6, 6.07) is 7.45. The zero-order chi connectivity index (χ0) is 18.6. The van der Waals surface area contributed by atoms with E-state index >= 15 is 0 Å². The van der Waals surface area contributed by atoms with Gasteiger partial charge in [0.2, 0.25) is 0 Å². The molecule has 0 radical (unpaired) electrons. The van der Waals surface area contributed by atoms with Gasteiger partial charge in [-0.25, -0.2) is 0 Å². The van der Waals surface area contributed by atoms with Gasteiger partial charge in [-0.2, -0.15) is 0 Å². The first-order valence-electron chi connectivity index (χ1n) is 9.85. The number of rotatable bonds is 2. The minimum Gasteiger partial charge on any atom is -0.476 e. The monoisotopic (exact) mass is 370 g/mol. The van der Waals surface area contributed by atoms with Gasteiger partial charge < -0.3 is 19.3 Å². The molecule has 1 aromatic rings. The number of benzene rings is 1. The van der Waals surface area contributed by atoms with Crippen molar-refractivity contribution in [2.45, 2.75) is 38.2 Å². The standard InChI is InChI=1S/C21H26N2O4/c24-20(14-16-6-2-1-3-7-16)23-15-19(21(25)22-10-12-26-13-11-22)27-18-9-5-4-8-17(18)23/h4-5,8-9,14,19H,1-3,6-7,10-13,15H2/t19-/m0/s1. The van der Waals surface area contributed by atoms with Gasteiger partial charge in [-0.3, -0.25) is 9.59 Å². The average Bonchev–Trinajstić information content (AvgIpc) is 2.73. The van der Waals surface area contributed by atoms with Crippen LogP contribution in [0.15, 0.2) is 35.9 Å². The SMILES string of the molecule is O=C([C@@H]1CN(C(=O)C=C2CCCCC2)c2ccccc2O1)N1CCOCC1. The molecule has 1 aliphatic carbocycles. The van der Waals surface area contributed by atoms with E-state index in [1.54, 1.807) is 15.9 Å². The van der Waals surface area contributed by atoms with Gasteiger partial charge in [0.1, 0.15) is 5.75 Å².